The fourth-order valence-corrected chi connectivity index (χ4v) is 1.86. The zero-order chi connectivity index (χ0) is 15.2. The van der Waals surface area contributed by atoms with Gasteiger partial charge in [0.05, 0.1) is 14.2 Å². The number of H-pyrrole nitrogens is 1. The highest BCUT2D eigenvalue weighted by Crippen LogP contribution is 2.24. The number of carbonyl (C=O) groups excluding carboxylic acids is 1. The largest absolute Gasteiger partial charge is 0.497 e. The molecule has 0 aliphatic carbocycles. The van der Waals surface area contributed by atoms with E-state index in [2.05, 4.69) is 10.3 Å². The smallest absolute Gasteiger partial charge is 0.257 e. The molecule has 0 radical (unpaired) electrons. The van der Waals surface area contributed by atoms with Crippen LogP contribution in [0.25, 0.3) is 0 Å². The third-order valence-electron chi connectivity index (χ3n) is 3.00. The summed E-state index contributed by atoms with van der Waals surface area (Å²) in [4.78, 5) is 26.2. The van der Waals surface area contributed by atoms with Gasteiger partial charge < -0.3 is 19.8 Å². The van der Waals surface area contributed by atoms with Crippen LogP contribution in [0.3, 0.4) is 0 Å². The van der Waals surface area contributed by atoms with E-state index in [0.29, 0.717) is 11.5 Å². The molecule has 2 N–H and O–H groups in total. The van der Waals surface area contributed by atoms with Gasteiger partial charge in [-0.1, -0.05) is 0 Å². The minimum atomic E-state index is -0.435. The lowest BCUT2D eigenvalue weighted by atomic mass is 10.1. The summed E-state index contributed by atoms with van der Waals surface area (Å²) in [5, 5.41) is 2.69. The Kier molecular flexibility index (Phi) is 4.61. The van der Waals surface area contributed by atoms with Crippen molar-refractivity contribution in [2.24, 2.45) is 0 Å². The standard InChI is InChI=1S/C15H16N2O4/c1-20-11-4-3-10(14(7-11)21-2)8-17-15(19)12-9-16-6-5-13(12)18/h3-7,9H,8H2,1-2H3,(H,16,18)(H,17,19). The molecule has 0 bridgehead atoms. The molecule has 0 saturated heterocycles. The van der Waals surface area contributed by atoms with Crippen LogP contribution in [0.2, 0.25) is 0 Å². The first-order valence-electron chi connectivity index (χ1n) is 6.32. The average molecular weight is 288 g/mol. The second-order valence-electron chi connectivity index (χ2n) is 4.28. The van der Waals surface area contributed by atoms with Crippen LogP contribution in [0.4, 0.5) is 0 Å². The SMILES string of the molecule is COc1ccc(CNC(=O)c2c[nH]ccc2=O)c(OC)c1. The van der Waals surface area contributed by atoms with Gasteiger partial charge in [-0.2, -0.15) is 0 Å². The van der Waals surface area contributed by atoms with Crippen LogP contribution >= 0.6 is 0 Å². The predicted molar refractivity (Wildman–Crippen MR) is 77.8 cm³/mol. The maximum atomic E-state index is 12.0. The summed E-state index contributed by atoms with van der Waals surface area (Å²) in [5.74, 6) is 0.841. The molecule has 0 atom stereocenters. The van der Waals surface area contributed by atoms with E-state index in [9.17, 15) is 9.59 Å². The van der Waals surface area contributed by atoms with Crippen molar-refractivity contribution in [1.29, 1.82) is 0 Å². The first-order valence-corrected chi connectivity index (χ1v) is 6.32. The summed E-state index contributed by atoms with van der Waals surface area (Å²) in [5.41, 5.74) is 0.539. The van der Waals surface area contributed by atoms with E-state index in [1.54, 1.807) is 32.4 Å². The van der Waals surface area contributed by atoms with Gasteiger partial charge in [-0.25, -0.2) is 0 Å². The lowest BCUT2D eigenvalue weighted by Gasteiger charge is -2.11. The molecule has 0 spiro atoms. The molecule has 110 valence electrons. The number of aromatic amines is 1. The number of benzene rings is 1. The third kappa shape index (κ3) is 3.42. The second-order valence-corrected chi connectivity index (χ2v) is 4.28. The predicted octanol–water partition coefficient (Wildman–Crippen LogP) is 1.32. The number of methoxy groups -OCH3 is 2. The van der Waals surface area contributed by atoms with Gasteiger partial charge in [-0.3, -0.25) is 9.59 Å². The molecule has 0 unspecified atom stereocenters. The minimum absolute atomic E-state index is 0.0741. The molecule has 2 aromatic rings. The van der Waals surface area contributed by atoms with Crippen LogP contribution in [-0.2, 0) is 6.54 Å². The van der Waals surface area contributed by atoms with Gasteiger partial charge in [0.2, 0.25) is 0 Å². The fourth-order valence-electron chi connectivity index (χ4n) is 1.86. The molecular formula is C15H16N2O4. The minimum Gasteiger partial charge on any atom is -0.497 e. The highest BCUT2D eigenvalue weighted by atomic mass is 16.5. The Morgan fingerprint density at radius 1 is 1.24 bits per heavy atom. The van der Waals surface area contributed by atoms with Gasteiger partial charge in [0.1, 0.15) is 17.1 Å². The molecule has 21 heavy (non-hydrogen) atoms. The van der Waals surface area contributed by atoms with Crippen molar-refractivity contribution in [3.8, 4) is 11.5 Å². The number of hydrogen-bond acceptors (Lipinski definition) is 4. The summed E-state index contributed by atoms with van der Waals surface area (Å²) in [6.07, 6.45) is 2.86. The van der Waals surface area contributed by atoms with Gasteiger partial charge >= 0.3 is 0 Å². The van der Waals surface area contributed by atoms with Crippen molar-refractivity contribution in [3.63, 3.8) is 0 Å². The third-order valence-corrected chi connectivity index (χ3v) is 3.00. The molecule has 0 saturated carbocycles. The molecule has 2 rings (SSSR count). The topological polar surface area (TPSA) is 80.4 Å². The Hall–Kier alpha value is -2.76. The van der Waals surface area contributed by atoms with Crippen LogP contribution in [0, 0.1) is 0 Å². The van der Waals surface area contributed by atoms with E-state index in [1.807, 2.05) is 0 Å². The molecular weight excluding hydrogens is 272 g/mol. The first kappa shape index (κ1) is 14.6. The van der Waals surface area contributed by atoms with Crippen LogP contribution in [0.1, 0.15) is 15.9 Å². The second kappa shape index (κ2) is 6.60. The maximum Gasteiger partial charge on any atom is 0.257 e. The molecule has 6 nitrogen and oxygen atoms in total. The van der Waals surface area contributed by atoms with Crippen molar-refractivity contribution in [2.75, 3.05) is 14.2 Å². The van der Waals surface area contributed by atoms with Crippen molar-refractivity contribution in [1.82, 2.24) is 10.3 Å². The molecule has 0 aliphatic heterocycles. The average Bonchev–Trinajstić information content (AvgIpc) is 2.52. The number of pyridine rings is 1. The molecule has 1 heterocycles. The molecule has 6 heteroatoms. The normalized spacial score (nSPS) is 10.0. The van der Waals surface area contributed by atoms with Crippen LogP contribution in [-0.4, -0.2) is 25.1 Å². The molecule has 1 amide bonds. The molecule has 1 aromatic heterocycles. The Labute approximate surface area is 121 Å². The van der Waals surface area contributed by atoms with E-state index >= 15 is 0 Å². The number of hydrogen-bond donors (Lipinski definition) is 2. The number of rotatable bonds is 5. The van der Waals surface area contributed by atoms with E-state index in [4.69, 9.17) is 9.47 Å². The van der Waals surface area contributed by atoms with E-state index in [1.165, 1.54) is 18.5 Å². The molecule has 1 aromatic carbocycles. The Morgan fingerprint density at radius 3 is 2.71 bits per heavy atom. The lowest BCUT2D eigenvalue weighted by molar-refractivity contribution is 0.0949. The Balaban J connectivity index is 2.11. The van der Waals surface area contributed by atoms with Gasteiger partial charge in [-0.05, 0) is 12.1 Å². The zero-order valence-electron chi connectivity index (χ0n) is 11.8. The monoisotopic (exact) mass is 288 g/mol. The number of aromatic nitrogens is 1. The Morgan fingerprint density at radius 2 is 2.05 bits per heavy atom. The van der Waals surface area contributed by atoms with Gasteiger partial charge in [0, 0.05) is 36.6 Å². The lowest BCUT2D eigenvalue weighted by Crippen LogP contribution is -2.28. The highest BCUT2D eigenvalue weighted by Gasteiger charge is 2.11. The quantitative estimate of drug-likeness (QED) is 0.869. The number of carbonyl (C=O) groups is 1. The Bertz CT molecular complexity index is 694. The number of ether oxygens (including phenoxy) is 2. The maximum absolute atomic E-state index is 12.0. The number of amides is 1. The molecule has 0 fully saturated rings. The summed E-state index contributed by atoms with van der Waals surface area (Å²) < 4.78 is 10.4. The highest BCUT2D eigenvalue weighted by molar-refractivity contribution is 5.93. The first-order chi connectivity index (χ1) is 10.2. The van der Waals surface area contributed by atoms with Gasteiger partial charge in [0.15, 0.2) is 5.43 Å². The zero-order valence-corrected chi connectivity index (χ0v) is 11.8. The van der Waals surface area contributed by atoms with Crippen molar-refractivity contribution >= 4 is 5.91 Å². The van der Waals surface area contributed by atoms with Crippen molar-refractivity contribution < 1.29 is 14.3 Å². The van der Waals surface area contributed by atoms with E-state index in [0.717, 1.165) is 5.56 Å². The summed E-state index contributed by atoms with van der Waals surface area (Å²) in [6, 6.07) is 6.62. The summed E-state index contributed by atoms with van der Waals surface area (Å²) >= 11 is 0. The van der Waals surface area contributed by atoms with Crippen molar-refractivity contribution in [3.05, 3.63) is 58.0 Å². The van der Waals surface area contributed by atoms with E-state index < -0.39 is 5.91 Å². The van der Waals surface area contributed by atoms with Crippen LogP contribution in [0.15, 0.2) is 41.5 Å². The molecule has 0 aliphatic rings. The van der Waals surface area contributed by atoms with Gasteiger partial charge in [-0.15, -0.1) is 0 Å². The summed E-state index contributed by atoms with van der Waals surface area (Å²) in [7, 11) is 3.11. The van der Waals surface area contributed by atoms with E-state index in [-0.39, 0.29) is 17.5 Å². The van der Waals surface area contributed by atoms with Crippen LogP contribution in [0.5, 0.6) is 11.5 Å². The van der Waals surface area contributed by atoms with Gasteiger partial charge in [0.25, 0.3) is 5.91 Å². The van der Waals surface area contributed by atoms with Crippen LogP contribution < -0.4 is 20.2 Å². The number of nitrogens with one attached hydrogen (secondary N) is 2. The summed E-state index contributed by atoms with van der Waals surface area (Å²) in [6.45, 7) is 0.250. The van der Waals surface area contributed by atoms with Crippen molar-refractivity contribution in [2.45, 2.75) is 6.54 Å². The fraction of sp³-hybridized carbons (Fsp3) is 0.200.